The molecule has 1 fully saturated rings. The van der Waals surface area contributed by atoms with E-state index in [0.29, 0.717) is 0 Å². The predicted molar refractivity (Wildman–Crippen MR) is 97.6 cm³/mol. The first-order chi connectivity index (χ1) is 11.7. The fourth-order valence-electron chi connectivity index (χ4n) is 3.61. The number of fused-ring (bicyclic) bond motifs is 1. The van der Waals surface area contributed by atoms with Crippen LogP contribution in [0.25, 0.3) is 0 Å². The van der Waals surface area contributed by atoms with Gasteiger partial charge in [-0.05, 0) is 36.6 Å². The molecule has 0 aromatic carbocycles. The molecule has 2 aliphatic rings. The summed E-state index contributed by atoms with van der Waals surface area (Å²) < 4.78 is 0. The number of H-pyrrole nitrogens is 1. The molecule has 0 unspecified atom stereocenters. The molecule has 1 N–H and O–H groups in total. The molecule has 128 valence electrons. The van der Waals surface area contributed by atoms with Crippen molar-refractivity contribution in [3.8, 4) is 0 Å². The summed E-state index contributed by atoms with van der Waals surface area (Å²) in [5, 5.41) is 2.12. The Hall–Kier alpha value is -1.66. The highest BCUT2D eigenvalue weighted by molar-refractivity contribution is 7.09. The lowest BCUT2D eigenvalue weighted by Gasteiger charge is -2.32. The molecule has 2 aliphatic heterocycles. The Balaban J connectivity index is 1.54. The van der Waals surface area contributed by atoms with Gasteiger partial charge in [0.05, 0.1) is 5.69 Å². The Morgan fingerprint density at radius 1 is 1.33 bits per heavy atom. The minimum absolute atomic E-state index is 0.0596. The zero-order valence-corrected chi connectivity index (χ0v) is 14.9. The Kier molecular flexibility index (Phi) is 4.41. The van der Waals surface area contributed by atoms with Crippen molar-refractivity contribution in [2.75, 3.05) is 24.5 Å². The summed E-state index contributed by atoms with van der Waals surface area (Å²) in [5.74, 6) is 1.54. The number of nitrogens with zero attached hydrogens (tertiary/aromatic N) is 3. The number of piperidine rings is 1. The molecule has 4 heterocycles. The molecule has 24 heavy (non-hydrogen) atoms. The molecule has 2 aromatic heterocycles. The van der Waals surface area contributed by atoms with Gasteiger partial charge in [-0.15, -0.1) is 11.3 Å². The van der Waals surface area contributed by atoms with Gasteiger partial charge in [-0.25, -0.2) is 4.98 Å². The van der Waals surface area contributed by atoms with Crippen LogP contribution < -0.4 is 10.5 Å². The summed E-state index contributed by atoms with van der Waals surface area (Å²) in [7, 11) is 0. The van der Waals surface area contributed by atoms with Crippen LogP contribution in [0, 0.1) is 5.92 Å². The molecule has 1 saturated heterocycles. The Morgan fingerprint density at radius 3 is 2.92 bits per heavy atom. The lowest BCUT2D eigenvalue weighted by molar-refractivity contribution is 0.242. The number of hydrogen-bond donors (Lipinski definition) is 1. The van der Waals surface area contributed by atoms with Crippen LogP contribution in [0.3, 0.4) is 0 Å². The summed E-state index contributed by atoms with van der Waals surface area (Å²) in [6, 6.07) is 4.27. The van der Waals surface area contributed by atoms with E-state index in [0.717, 1.165) is 62.3 Å². The quantitative estimate of drug-likeness (QED) is 0.930. The second-order valence-electron chi connectivity index (χ2n) is 7.02. The number of rotatable bonds is 3. The minimum Gasteiger partial charge on any atom is -0.342 e. The number of hydrogen-bond acceptors (Lipinski definition) is 5. The third-order valence-electron chi connectivity index (χ3n) is 5.18. The van der Waals surface area contributed by atoms with Crippen molar-refractivity contribution < 1.29 is 0 Å². The zero-order chi connectivity index (χ0) is 16.5. The molecule has 0 bridgehead atoms. The van der Waals surface area contributed by atoms with Gasteiger partial charge in [-0.1, -0.05) is 13.0 Å². The average molecular weight is 344 g/mol. The first-order valence-corrected chi connectivity index (χ1v) is 9.69. The molecular weight excluding hydrogens is 320 g/mol. The molecule has 0 spiro atoms. The van der Waals surface area contributed by atoms with Crippen molar-refractivity contribution in [2.24, 2.45) is 5.92 Å². The van der Waals surface area contributed by atoms with E-state index in [1.807, 2.05) is 0 Å². The number of thiophene rings is 1. The third-order valence-corrected chi connectivity index (χ3v) is 6.04. The van der Waals surface area contributed by atoms with Gasteiger partial charge in [0.25, 0.3) is 5.56 Å². The van der Waals surface area contributed by atoms with E-state index in [1.165, 1.54) is 17.7 Å². The molecule has 4 rings (SSSR count). The van der Waals surface area contributed by atoms with E-state index in [1.54, 1.807) is 11.3 Å². The maximum Gasteiger partial charge on any atom is 0.255 e. The number of aromatic nitrogens is 2. The largest absolute Gasteiger partial charge is 0.342 e. The van der Waals surface area contributed by atoms with Crippen LogP contribution in [0.15, 0.2) is 22.3 Å². The summed E-state index contributed by atoms with van der Waals surface area (Å²) in [6.07, 6.45) is 3.14. The lowest BCUT2D eigenvalue weighted by atomic mass is 9.99. The van der Waals surface area contributed by atoms with Crippen LogP contribution in [0.4, 0.5) is 5.95 Å². The maximum absolute atomic E-state index is 12.5. The molecule has 0 radical (unpaired) electrons. The van der Waals surface area contributed by atoms with Gasteiger partial charge in [0, 0.05) is 43.2 Å². The van der Waals surface area contributed by atoms with Crippen LogP contribution in [-0.2, 0) is 19.5 Å². The van der Waals surface area contributed by atoms with Crippen LogP contribution in [0.1, 0.15) is 35.9 Å². The monoisotopic (exact) mass is 344 g/mol. The molecule has 5 nitrogen and oxygen atoms in total. The SMILES string of the molecule is CC1CCN(c2nc3c(c(=O)[nH]2)CCN(Cc2cccs2)C3)CC1. The number of aromatic amines is 1. The van der Waals surface area contributed by atoms with E-state index in [-0.39, 0.29) is 5.56 Å². The Labute approximate surface area is 146 Å². The third kappa shape index (κ3) is 3.26. The first kappa shape index (κ1) is 15.8. The molecular formula is C18H24N4OS. The second-order valence-corrected chi connectivity index (χ2v) is 8.06. The van der Waals surface area contributed by atoms with Crippen molar-refractivity contribution in [3.63, 3.8) is 0 Å². The highest BCUT2D eigenvalue weighted by atomic mass is 32.1. The van der Waals surface area contributed by atoms with Crippen molar-refractivity contribution in [2.45, 2.75) is 39.3 Å². The fourth-order valence-corrected chi connectivity index (χ4v) is 4.35. The highest BCUT2D eigenvalue weighted by Gasteiger charge is 2.24. The minimum atomic E-state index is 0.0596. The number of anilines is 1. The predicted octanol–water partition coefficient (Wildman–Crippen LogP) is 2.63. The van der Waals surface area contributed by atoms with Gasteiger partial charge in [-0.2, -0.15) is 0 Å². The van der Waals surface area contributed by atoms with Gasteiger partial charge >= 0.3 is 0 Å². The molecule has 0 amide bonds. The molecule has 0 saturated carbocycles. The fraction of sp³-hybridized carbons (Fsp3) is 0.556. The molecule has 6 heteroatoms. The normalized spacial score (nSPS) is 19.5. The Bertz CT molecular complexity index is 747. The molecule has 0 atom stereocenters. The van der Waals surface area contributed by atoms with Gasteiger partial charge in [0.2, 0.25) is 5.95 Å². The zero-order valence-electron chi connectivity index (χ0n) is 14.1. The van der Waals surface area contributed by atoms with Crippen LogP contribution >= 0.6 is 11.3 Å². The van der Waals surface area contributed by atoms with Gasteiger partial charge in [0.15, 0.2) is 0 Å². The van der Waals surface area contributed by atoms with Crippen molar-refractivity contribution >= 4 is 17.3 Å². The standard InChI is InChI=1S/C18H24N4OS/c1-13-4-8-22(9-5-13)18-19-16-12-21(11-14-3-2-10-24-14)7-6-15(16)17(23)20-18/h2-3,10,13H,4-9,11-12H2,1H3,(H,19,20,23). The van der Waals surface area contributed by atoms with Crippen molar-refractivity contribution in [1.82, 2.24) is 14.9 Å². The van der Waals surface area contributed by atoms with E-state index < -0.39 is 0 Å². The summed E-state index contributed by atoms with van der Waals surface area (Å²) >= 11 is 1.79. The summed E-state index contributed by atoms with van der Waals surface area (Å²) in [5.41, 5.74) is 1.91. The van der Waals surface area contributed by atoms with E-state index in [9.17, 15) is 4.79 Å². The van der Waals surface area contributed by atoms with Crippen LogP contribution in [-0.4, -0.2) is 34.5 Å². The van der Waals surface area contributed by atoms with Gasteiger partial charge < -0.3 is 4.90 Å². The first-order valence-electron chi connectivity index (χ1n) is 8.81. The average Bonchev–Trinajstić information content (AvgIpc) is 3.08. The smallest absolute Gasteiger partial charge is 0.255 e. The summed E-state index contributed by atoms with van der Waals surface area (Å²) in [4.78, 5) is 26.3. The lowest BCUT2D eigenvalue weighted by Crippen LogP contribution is -2.39. The van der Waals surface area contributed by atoms with E-state index in [2.05, 4.69) is 39.2 Å². The topological polar surface area (TPSA) is 52.2 Å². The van der Waals surface area contributed by atoms with Crippen LogP contribution in [0.5, 0.6) is 0 Å². The Morgan fingerprint density at radius 2 is 2.17 bits per heavy atom. The van der Waals surface area contributed by atoms with Crippen LogP contribution in [0.2, 0.25) is 0 Å². The van der Waals surface area contributed by atoms with Crippen molar-refractivity contribution in [3.05, 3.63) is 44.0 Å². The summed E-state index contributed by atoms with van der Waals surface area (Å²) in [6.45, 7) is 6.92. The van der Waals surface area contributed by atoms with Crippen molar-refractivity contribution in [1.29, 1.82) is 0 Å². The van der Waals surface area contributed by atoms with Gasteiger partial charge in [-0.3, -0.25) is 14.7 Å². The molecule has 2 aromatic rings. The number of nitrogens with one attached hydrogen (secondary N) is 1. The maximum atomic E-state index is 12.5. The second kappa shape index (κ2) is 6.69. The molecule has 0 aliphatic carbocycles. The highest BCUT2D eigenvalue weighted by Crippen LogP contribution is 2.23. The van der Waals surface area contributed by atoms with Gasteiger partial charge in [0.1, 0.15) is 0 Å². The van der Waals surface area contributed by atoms with E-state index >= 15 is 0 Å². The van der Waals surface area contributed by atoms with E-state index in [4.69, 9.17) is 4.98 Å².